The third-order valence-electron chi connectivity index (χ3n) is 8.16. The molecule has 4 aliphatic rings. The van der Waals surface area contributed by atoms with Gasteiger partial charge >= 0.3 is 0 Å². The van der Waals surface area contributed by atoms with E-state index in [1.54, 1.807) is 0 Å². The van der Waals surface area contributed by atoms with Crippen molar-refractivity contribution in [1.29, 1.82) is 0 Å². The number of aromatic nitrogens is 8. The van der Waals surface area contributed by atoms with Crippen LogP contribution in [0.3, 0.4) is 0 Å². The van der Waals surface area contributed by atoms with Crippen LogP contribution in [0.2, 0.25) is 0 Å². The highest BCUT2D eigenvalue weighted by Gasteiger charge is 2.04. The number of hydrogen-bond donors (Lipinski definition) is 4. The zero-order valence-corrected chi connectivity index (χ0v) is 27.5. The van der Waals surface area contributed by atoms with Crippen LogP contribution < -0.4 is 0 Å². The molecule has 0 saturated carbocycles. The van der Waals surface area contributed by atoms with Crippen molar-refractivity contribution in [3.05, 3.63) is 141 Å². The summed E-state index contributed by atoms with van der Waals surface area (Å²) < 4.78 is 1.00. The maximum absolute atomic E-state index is 4.65. The fraction of sp³-hybridized carbons (Fsp3) is 0. The quantitative estimate of drug-likeness (QED) is 0.126. The van der Waals surface area contributed by atoms with Crippen molar-refractivity contribution in [1.82, 2.24) is 39.9 Å². The summed E-state index contributed by atoms with van der Waals surface area (Å²) in [4.78, 5) is 32.1. The van der Waals surface area contributed by atoms with Gasteiger partial charge in [-0.2, -0.15) is 0 Å². The molecule has 0 radical (unpaired) electrons. The van der Waals surface area contributed by atoms with Crippen molar-refractivity contribution in [2.24, 2.45) is 0 Å². The lowest BCUT2D eigenvalue weighted by Gasteiger charge is -1.86. The topological polar surface area (TPSA) is 115 Å². The zero-order chi connectivity index (χ0) is 32.7. The Balaban J connectivity index is 0.000000133. The minimum Gasteiger partial charge on any atom is -0.355 e. The predicted octanol–water partition coefficient (Wildman–Crippen LogP) is 10.1. The number of fused-ring (bicyclic) bond motifs is 16. The molecule has 0 aromatic carbocycles. The summed E-state index contributed by atoms with van der Waals surface area (Å²) in [6, 6.07) is 30.6. The molecule has 0 spiro atoms. The van der Waals surface area contributed by atoms with E-state index in [-0.39, 0.29) is 0 Å². The molecular formula is C40H27BrN8. The van der Waals surface area contributed by atoms with Crippen molar-refractivity contribution in [3.63, 3.8) is 0 Å². The molecule has 10 rings (SSSR count). The van der Waals surface area contributed by atoms with Gasteiger partial charge < -0.3 is 19.9 Å². The van der Waals surface area contributed by atoms with Gasteiger partial charge in [0.05, 0.1) is 51.1 Å². The molecule has 0 saturated heterocycles. The highest BCUT2D eigenvalue weighted by molar-refractivity contribution is 9.10. The molecule has 0 fully saturated rings. The van der Waals surface area contributed by atoms with Crippen molar-refractivity contribution in [2.75, 3.05) is 0 Å². The van der Waals surface area contributed by atoms with Crippen LogP contribution in [0.25, 0.3) is 92.7 Å². The van der Waals surface area contributed by atoms with E-state index in [1.165, 1.54) is 0 Å². The van der Waals surface area contributed by atoms with E-state index < -0.39 is 0 Å². The minimum absolute atomic E-state index is 0.916. The second-order valence-electron chi connectivity index (χ2n) is 11.9. The van der Waals surface area contributed by atoms with E-state index in [4.69, 9.17) is 0 Å². The Kier molecular flexibility index (Phi) is 7.09. The average molecular weight is 700 g/mol. The molecule has 10 heterocycles. The summed E-state index contributed by atoms with van der Waals surface area (Å²) in [5.41, 5.74) is 15.6. The van der Waals surface area contributed by atoms with Gasteiger partial charge in [-0.1, -0.05) is 0 Å². The Morgan fingerprint density at radius 1 is 0.306 bits per heavy atom. The molecule has 16 bridgehead atoms. The van der Waals surface area contributed by atoms with Gasteiger partial charge in [0.25, 0.3) is 0 Å². The van der Waals surface area contributed by atoms with E-state index in [0.29, 0.717) is 0 Å². The Hall–Kier alpha value is -6.32. The molecule has 6 aromatic rings. The van der Waals surface area contributed by atoms with E-state index in [1.807, 2.05) is 109 Å². The standard InChI is InChI=1S/C20H13BrN4.C20H14N4/c21-19-10-18-9-16-4-3-14(23-16)7-12-1-2-13(22-12)8-15-5-6-17(24-15)11-20(19)25-18;1-2-14-10-16-5-6-18(23-16)12-20-8-7-19(24-20)11-17-4-3-15(22-17)9-13(1)21-14/h1-11,22,25H;1-12,21,24H. The molecule has 4 aliphatic heterocycles. The first-order valence-electron chi connectivity index (χ1n) is 15.8. The molecule has 49 heavy (non-hydrogen) atoms. The van der Waals surface area contributed by atoms with E-state index >= 15 is 0 Å². The first-order valence-corrected chi connectivity index (χ1v) is 16.6. The SMILES string of the molecule is Brc1cc2cc3nc(cc4ccc(cc5nc(cc1[nH]2)C=C5)[nH]4)C=C3.C1=Cc2cc3ccc(cc4nc(cc5ccc(cc1n2)[nH]5)C=C4)[nH]3. The molecule has 234 valence electrons. The number of aromatic amines is 4. The van der Waals surface area contributed by atoms with Crippen LogP contribution in [0, 0.1) is 0 Å². The summed E-state index contributed by atoms with van der Waals surface area (Å²) >= 11 is 3.61. The van der Waals surface area contributed by atoms with Gasteiger partial charge in [0, 0.05) is 43.1 Å². The van der Waals surface area contributed by atoms with Crippen LogP contribution in [0.5, 0.6) is 0 Å². The largest absolute Gasteiger partial charge is 0.355 e. The number of nitrogens with one attached hydrogen (secondary N) is 4. The van der Waals surface area contributed by atoms with Gasteiger partial charge in [0.15, 0.2) is 0 Å². The molecule has 6 aromatic heterocycles. The highest BCUT2D eigenvalue weighted by Crippen LogP contribution is 2.23. The van der Waals surface area contributed by atoms with Crippen LogP contribution in [0.15, 0.2) is 95.5 Å². The molecule has 0 aliphatic carbocycles. The van der Waals surface area contributed by atoms with E-state index in [0.717, 1.165) is 94.2 Å². The van der Waals surface area contributed by atoms with Gasteiger partial charge in [-0.25, -0.2) is 19.9 Å². The molecule has 0 unspecified atom stereocenters. The van der Waals surface area contributed by atoms with Crippen molar-refractivity contribution >= 4 is 109 Å². The molecule has 8 nitrogen and oxygen atoms in total. The molecular weight excluding hydrogens is 672 g/mol. The second-order valence-corrected chi connectivity index (χ2v) is 12.8. The maximum Gasteiger partial charge on any atom is 0.0658 e. The predicted molar refractivity (Wildman–Crippen MR) is 205 cm³/mol. The van der Waals surface area contributed by atoms with Crippen LogP contribution in [-0.4, -0.2) is 39.9 Å². The Bertz CT molecular complexity index is 2580. The average Bonchev–Trinajstić information content (AvgIpc) is 3.91. The lowest BCUT2D eigenvalue weighted by atomic mass is 10.3. The third kappa shape index (κ3) is 6.47. The van der Waals surface area contributed by atoms with Crippen LogP contribution in [-0.2, 0) is 0 Å². The Morgan fingerprint density at radius 3 is 0.878 bits per heavy atom. The first-order chi connectivity index (χ1) is 24.0. The lowest BCUT2D eigenvalue weighted by Crippen LogP contribution is -1.75. The van der Waals surface area contributed by atoms with Gasteiger partial charge in [-0.05, 0) is 156 Å². The number of nitrogens with zero attached hydrogens (tertiary/aromatic N) is 4. The van der Waals surface area contributed by atoms with Crippen molar-refractivity contribution in [3.8, 4) is 0 Å². The summed E-state index contributed by atoms with van der Waals surface area (Å²) in [6.45, 7) is 0. The summed E-state index contributed by atoms with van der Waals surface area (Å²) in [5.74, 6) is 0. The molecule has 4 N–H and O–H groups in total. The fourth-order valence-electron chi connectivity index (χ4n) is 5.93. The van der Waals surface area contributed by atoms with Crippen LogP contribution in [0.1, 0.15) is 45.6 Å². The summed E-state index contributed by atoms with van der Waals surface area (Å²) in [5, 5.41) is 0. The number of halogens is 1. The van der Waals surface area contributed by atoms with E-state index in [9.17, 15) is 0 Å². The molecule has 0 amide bonds. The lowest BCUT2D eigenvalue weighted by molar-refractivity contribution is 1.31. The van der Waals surface area contributed by atoms with Gasteiger partial charge in [0.2, 0.25) is 0 Å². The maximum atomic E-state index is 4.65. The third-order valence-corrected chi connectivity index (χ3v) is 8.82. The highest BCUT2D eigenvalue weighted by atomic mass is 79.9. The Labute approximate surface area is 288 Å². The van der Waals surface area contributed by atoms with Gasteiger partial charge in [0.1, 0.15) is 0 Å². The summed E-state index contributed by atoms with van der Waals surface area (Å²) in [6.07, 6.45) is 16.2. The molecule has 0 atom stereocenters. The number of H-pyrrole nitrogens is 4. The van der Waals surface area contributed by atoms with Crippen molar-refractivity contribution in [2.45, 2.75) is 0 Å². The van der Waals surface area contributed by atoms with Gasteiger partial charge in [-0.3, -0.25) is 0 Å². The number of rotatable bonds is 0. The Morgan fingerprint density at radius 2 is 0.571 bits per heavy atom. The van der Waals surface area contributed by atoms with Crippen molar-refractivity contribution < 1.29 is 0 Å². The van der Waals surface area contributed by atoms with Crippen LogP contribution >= 0.6 is 15.9 Å². The zero-order valence-electron chi connectivity index (χ0n) is 25.9. The normalized spacial score (nSPS) is 12.7. The van der Waals surface area contributed by atoms with Gasteiger partial charge in [-0.15, -0.1) is 0 Å². The molecule has 9 heteroatoms. The first kappa shape index (κ1) is 28.9. The monoisotopic (exact) mass is 698 g/mol. The number of hydrogen-bond acceptors (Lipinski definition) is 4. The summed E-state index contributed by atoms with van der Waals surface area (Å²) in [7, 11) is 0. The van der Waals surface area contributed by atoms with E-state index in [2.05, 4.69) is 86.1 Å². The fourth-order valence-corrected chi connectivity index (χ4v) is 6.39. The minimum atomic E-state index is 0.916. The van der Waals surface area contributed by atoms with Crippen LogP contribution in [0.4, 0.5) is 0 Å². The smallest absolute Gasteiger partial charge is 0.0658 e. The second kappa shape index (κ2) is 12.0.